The number of methoxy groups -OCH3 is 1. The molecule has 0 radical (unpaired) electrons. The van der Waals surface area contributed by atoms with E-state index in [0.29, 0.717) is 10.7 Å². The summed E-state index contributed by atoms with van der Waals surface area (Å²) >= 11 is 1.22. The van der Waals surface area contributed by atoms with Crippen LogP contribution in [-0.2, 0) is 0 Å². The third-order valence-corrected chi connectivity index (χ3v) is 4.18. The Morgan fingerprint density at radius 1 is 1.17 bits per heavy atom. The molecule has 1 heterocycles. The molecule has 0 bridgehead atoms. The molecule has 2 aromatic carbocycles. The van der Waals surface area contributed by atoms with Crippen molar-refractivity contribution < 1.29 is 13.9 Å². The lowest BCUT2D eigenvalue weighted by molar-refractivity contribution is 0.102. The number of carbonyl (C=O) groups excluding carboxylic acids is 1. The van der Waals surface area contributed by atoms with Gasteiger partial charge in [-0.3, -0.25) is 4.79 Å². The van der Waals surface area contributed by atoms with Crippen molar-refractivity contribution >= 4 is 17.5 Å². The molecule has 0 atom stereocenters. The maximum atomic E-state index is 12.9. The molecular weight excluding hydrogens is 331 g/mol. The summed E-state index contributed by atoms with van der Waals surface area (Å²) in [6.45, 7) is 0. The van der Waals surface area contributed by atoms with E-state index in [1.807, 2.05) is 12.1 Å². The summed E-state index contributed by atoms with van der Waals surface area (Å²) in [5.41, 5.74) is 1.21. The number of halogens is 1. The van der Waals surface area contributed by atoms with Crippen LogP contribution in [0.3, 0.4) is 0 Å². The van der Waals surface area contributed by atoms with Gasteiger partial charge < -0.3 is 4.74 Å². The molecule has 0 saturated carbocycles. The molecule has 0 spiro atoms. The van der Waals surface area contributed by atoms with Gasteiger partial charge in [0, 0.05) is 5.56 Å². The van der Waals surface area contributed by atoms with Gasteiger partial charge in [-0.1, -0.05) is 11.8 Å². The first-order valence-electron chi connectivity index (χ1n) is 7.02. The third kappa shape index (κ3) is 3.60. The van der Waals surface area contributed by atoms with E-state index in [0.717, 1.165) is 11.4 Å². The minimum Gasteiger partial charge on any atom is -0.497 e. The van der Waals surface area contributed by atoms with Crippen LogP contribution in [0.4, 0.5) is 4.39 Å². The van der Waals surface area contributed by atoms with E-state index in [9.17, 15) is 9.18 Å². The van der Waals surface area contributed by atoms with Crippen LogP contribution in [0.15, 0.2) is 53.7 Å². The molecule has 0 aliphatic carbocycles. The molecule has 1 aromatic heterocycles. The molecule has 0 unspecified atom stereocenters. The lowest BCUT2D eigenvalue weighted by Crippen LogP contribution is -2.05. The second-order valence-corrected chi connectivity index (χ2v) is 5.73. The van der Waals surface area contributed by atoms with Gasteiger partial charge in [0.25, 0.3) is 0 Å². The van der Waals surface area contributed by atoms with Crippen molar-refractivity contribution in [3.05, 3.63) is 59.9 Å². The van der Waals surface area contributed by atoms with Crippen LogP contribution in [-0.4, -0.2) is 38.9 Å². The molecule has 3 rings (SSSR count). The molecule has 0 N–H and O–H groups in total. The number of hydrogen-bond acceptors (Lipinski definition) is 6. The van der Waals surface area contributed by atoms with E-state index in [2.05, 4.69) is 15.5 Å². The molecule has 0 amide bonds. The third-order valence-electron chi connectivity index (χ3n) is 3.26. The SMILES string of the molecule is COc1ccc(-n2nnnc2SCC(=O)c2ccc(F)cc2)cc1. The predicted molar refractivity (Wildman–Crippen MR) is 87.2 cm³/mol. The molecule has 8 heteroatoms. The fraction of sp³-hybridized carbons (Fsp3) is 0.125. The Bertz CT molecular complexity index is 834. The average Bonchev–Trinajstić information content (AvgIpc) is 3.09. The summed E-state index contributed by atoms with van der Waals surface area (Å²) in [7, 11) is 1.59. The van der Waals surface area contributed by atoms with Crippen LogP contribution in [0.1, 0.15) is 10.4 Å². The van der Waals surface area contributed by atoms with Crippen LogP contribution in [0.2, 0.25) is 0 Å². The lowest BCUT2D eigenvalue weighted by atomic mass is 10.1. The van der Waals surface area contributed by atoms with E-state index in [4.69, 9.17) is 4.74 Å². The molecule has 6 nitrogen and oxygen atoms in total. The molecule has 0 aliphatic rings. The fourth-order valence-electron chi connectivity index (χ4n) is 2.00. The van der Waals surface area contributed by atoms with Gasteiger partial charge in [0.2, 0.25) is 5.16 Å². The van der Waals surface area contributed by atoms with Gasteiger partial charge in [-0.2, -0.15) is 4.68 Å². The number of ketones is 1. The van der Waals surface area contributed by atoms with Crippen molar-refractivity contribution in [3.63, 3.8) is 0 Å². The van der Waals surface area contributed by atoms with Crippen molar-refractivity contribution in [2.75, 3.05) is 12.9 Å². The molecule has 0 fully saturated rings. The topological polar surface area (TPSA) is 69.9 Å². The minimum atomic E-state index is -0.373. The van der Waals surface area contributed by atoms with Gasteiger partial charge in [0.15, 0.2) is 5.78 Å². The number of rotatable bonds is 6. The quantitative estimate of drug-likeness (QED) is 0.506. The highest BCUT2D eigenvalue weighted by Gasteiger charge is 2.13. The highest BCUT2D eigenvalue weighted by molar-refractivity contribution is 7.99. The summed E-state index contributed by atoms with van der Waals surface area (Å²) in [6.07, 6.45) is 0. The summed E-state index contributed by atoms with van der Waals surface area (Å²) in [5, 5.41) is 12.0. The van der Waals surface area contributed by atoms with Gasteiger partial charge in [-0.25, -0.2) is 4.39 Å². The molecule has 24 heavy (non-hydrogen) atoms. The van der Waals surface area contributed by atoms with Crippen molar-refractivity contribution in [2.45, 2.75) is 5.16 Å². The number of nitrogens with zero attached hydrogens (tertiary/aromatic N) is 4. The largest absolute Gasteiger partial charge is 0.497 e. The molecule has 0 aliphatic heterocycles. The zero-order chi connectivity index (χ0) is 16.9. The number of tetrazole rings is 1. The Kier molecular flexibility index (Phi) is 4.85. The number of thioether (sulfide) groups is 1. The van der Waals surface area contributed by atoms with Gasteiger partial charge in [-0.05, 0) is 59.0 Å². The first kappa shape index (κ1) is 16.1. The molecule has 0 saturated heterocycles. The van der Waals surface area contributed by atoms with E-state index < -0.39 is 0 Å². The highest BCUT2D eigenvalue weighted by atomic mass is 32.2. The number of benzene rings is 2. The first-order chi connectivity index (χ1) is 11.7. The highest BCUT2D eigenvalue weighted by Crippen LogP contribution is 2.21. The maximum absolute atomic E-state index is 12.9. The smallest absolute Gasteiger partial charge is 0.214 e. The van der Waals surface area contributed by atoms with Crippen molar-refractivity contribution in [1.29, 1.82) is 0 Å². The Labute approximate surface area is 141 Å². The van der Waals surface area contributed by atoms with Crippen molar-refractivity contribution in [2.24, 2.45) is 0 Å². The second kappa shape index (κ2) is 7.22. The molecular formula is C16H13FN4O2S. The number of carbonyl (C=O) groups is 1. The predicted octanol–water partition coefficient (Wildman–Crippen LogP) is 2.79. The van der Waals surface area contributed by atoms with Crippen LogP contribution in [0.25, 0.3) is 5.69 Å². The number of ether oxygens (including phenoxy) is 1. The normalized spacial score (nSPS) is 10.6. The lowest BCUT2D eigenvalue weighted by Gasteiger charge is -2.05. The number of Topliss-reactive ketones (excluding diaryl/α,β-unsaturated/α-hetero) is 1. The van der Waals surface area contributed by atoms with Gasteiger partial charge in [0.05, 0.1) is 18.6 Å². The summed E-state index contributed by atoms with van der Waals surface area (Å²) in [4.78, 5) is 12.1. The van der Waals surface area contributed by atoms with Crippen LogP contribution < -0.4 is 4.74 Å². The van der Waals surface area contributed by atoms with Crippen LogP contribution in [0.5, 0.6) is 5.75 Å². The molecule has 122 valence electrons. The first-order valence-corrected chi connectivity index (χ1v) is 8.00. The monoisotopic (exact) mass is 344 g/mol. The van der Waals surface area contributed by atoms with Gasteiger partial charge >= 0.3 is 0 Å². The van der Waals surface area contributed by atoms with Crippen LogP contribution in [0, 0.1) is 5.82 Å². The van der Waals surface area contributed by atoms with E-state index in [1.165, 1.54) is 36.0 Å². The maximum Gasteiger partial charge on any atom is 0.214 e. The molecule has 3 aromatic rings. The van der Waals surface area contributed by atoms with E-state index in [1.54, 1.807) is 23.9 Å². The van der Waals surface area contributed by atoms with Gasteiger partial charge in [0.1, 0.15) is 11.6 Å². The Morgan fingerprint density at radius 3 is 2.54 bits per heavy atom. The van der Waals surface area contributed by atoms with Crippen LogP contribution >= 0.6 is 11.8 Å². The zero-order valence-corrected chi connectivity index (χ0v) is 13.5. The van der Waals surface area contributed by atoms with Crippen molar-refractivity contribution in [3.8, 4) is 11.4 Å². The number of hydrogen-bond donors (Lipinski definition) is 0. The Morgan fingerprint density at radius 2 is 1.88 bits per heavy atom. The zero-order valence-electron chi connectivity index (χ0n) is 12.7. The standard InChI is InChI=1S/C16H13FN4O2S/c1-23-14-8-6-13(7-9-14)21-16(18-19-20-21)24-10-15(22)11-2-4-12(17)5-3-11/h2-9H,10H2,1H3. The van der Waals surface area contributed by atoms with E-state index in [-0.39, 0.29) is 17.4 Å². The fourth-order valence-corrected chi connectivity index (χ4v) is 2.79. The number of aromatic nitrogens is 4. The van der Waals surface area contributed by atoms with E-state index >= 15 is 0 Å². The summed E-state index contributed by atoms with van der Waals surface area (Å²) < 4.78 is 19.6. The Balaban J connectivity index is 1.71. The average molecular weight is 344 g/mol. The summed E-state index contributed by atoms with van der Waals surface area (Å²) in [5.74, 6) is 0.391. The second-order valence-electron chi connectivity index (χ2n) is 4.79. The van der Waals surface area contributed by atoms with Gasteiger partial charge in [-0.15, -0.1) is 5.10 Å². The Hall–Kier alpha value is -2.74. The minimum absolute atomic E-state index is 0.121. The summed E-state index contributed by atoms with van der Waals surface area (Å²) in [6, 6.07) is 12.7. The van der Waals surface area contributed by atoms with Crippen molar-refractivity contribution in [1.82, 2.24) is 20.2 Å².